The summed E-state index contributed by atoms with van der Waals surface area (Å²) in [6, 6.07) is 0. The Morgan fingerprint density at radius 1 is 0.793 bits per heavy atom. The van der Waals surface area contributed by atoms with Gasteiger partial charge in [0.2, 0.25) is 0 Å². The van der Waals surface area contributed by atoms with Crippen molar-refractivity contribution in [2.75, 3.05) is 0 Å². The van der Waals surface area contributed by atoms with Crippen molar-refractivity contribution >= 4 is 0 Å². The van der Waals surface area contributed by atoms with E-state index in [0.717, 1.165) is 47.3 Å². The van der Waals surface area contributed by atoms with Gasteiger partial charge < -0.3 is 0 Å². The summed E-state index contributed by atoms with van der Waals surface area (Å²) in [4.78, 5) is 0. The molecule has 0 nitrogen and oxygen atoms in total. The number of hydrogen-bond acceptors (Lipinski definition) is 0. The van der Waals surface area contributed by atoms with Crippen LogP contribution in [0.25, 0.3) is 0 Å². The average Bonchev–Trinajstić information content (AvgIpc) is 3.04. The first-order valence-corrected chi connectivity index (χ1v) is 13.8. The predicted octanol–water partition coefficient (Wildman–Crippen LogP) is 9.13. The summed E-state index contributed by atoms with van der Waals surface area (Å²) in [5.74, 6) is 8.13. The Hall–Kier alpha value is 0. The van der Waals surface area contributed by atoms with Gasteiger partial charge in [0.1, 0.15) is 0 Å². The fourth-order valence-corrected chi connectivity index (χ4v) is 9.74. The highest BCUT2D eigenvalue weighted by Gasteiger charge is 2.60. The van der Waals surface area contributed by atoms with Gasteiger partial charge in [-0.25, -0.2) is 0 Å². The molecule has 4 aliphatic rings. The maximum absolute atomic E-state index is 2.76. The first-order valence-electron chi connectivity index (χ1n) is 13.8. The lowest BCUT2D eigenvalue weighted by molar-refractivity contribution is -0.121. The van der Waals surface area contributed by atoms with E-state index >= 15 is 0 Å². The molecule has 0 saturated heterocycles. The van der Waals surface area contributed by atoms with Crippen molar-refractivity contribution in [2.45, 2.75) is 125 Å². The molecule has 0 heterocycles. The van der Waals surface area contributed by atoms with E-state index < -0.39 is 0 Å². The maximum atomic E-state index is 2.76. The molecule has 4 fully saturated rings. The first-order chi connectivity index (χ1) is 13.8. The van der Waals surface area contributed by atoms with Gasteiger partial charge in [-0.1, -0.05) is 67.2 Å². The fraction of sp³-hybridized carbons (Fsp3) is 1.00. The molecule has 0 radical (unpaired) electrons. The average molecular weight is 401 g/mol. The van der Waals surface area contributed by atoms with Crippen molar-refractivity contribution in [3.8, 4) is 0 Å². The summed E-state index contributed by atoms with van der Waals surface area (Å²) in [6.07, 6.45) is 19.8. The second-order valence-electron chi connectivity index (χ2n) is 13.2. The van der Waals surface area contributed by atoms with E-state index in [1.54, 1.807) is 51.4 Å². The van der Waals surface area contributed by atoms with Crippen LogP contribution in [0.3, 0.4) is 0 Å². The lowest BCUT2D eigenvalue weighted by Gasteiger charge is -2.61. The van der Waals surface area contributed by atoms with E-state index in [0.29, 0.717) is 10.8 Å². The Bertz CT molecular complexity index is 548. The van der Waals surface area contributed by atoms with Gasteiger partial charge in [0, 0.05) is 0 Å². The fourth-order valence-electron chi connectivity index (χ4n) is 9.74. The Morgan fingerprint density at radius 3 is 2.24 bits per heavy atom. The van der Waals surface area contributed by atoms with Gasteiger partial charge >= 0.3 is 0 Å². The van der Waals surface area contributed by atoms with Gasteiger partial charge in [-0.15, -0.1) is 0 Å². The minimum absolute atomic E-state index is 0.669. The largest absolute Gasteiger partial charge is 0.0651 e. The van der Waals surface area contributed by atoms with Crippen LogP contribution in [-0.2, 0) is 0 Å². The molecule has 0 aromatic carbocycles. The van der Waals surface area contributed by atoms with Gasteiger partial charge in [0.15, 0.2) is 0 Å². The molecular weight excluding hydrogens is 348 g/mol. The Labute approximate surface area is 183 Å². The normalized spacial score (nSPS) is 48.1. The Kier molecular flexibility index (Phi) is 6.51. The standard InChI is InChI=1S/C29H52/c1-7-22-15-17-28(5)23(19-22)11-12-24-26-14-13-25(21(4)10-8-9-20(2)3)29(26,6)18-16-27(24)28/h20-27H,7-19H2,1-6H3. The van der Waals surface area contributed by atoms with Crippen molar-refractivity contribution in [2.24, 2.45) is 58.2 Å². The van der Waals surface area contributed by atoms with Crippen LogP contribution in [0.15, 0.2) is 0 Å². The lowest BCUT2D eigenvalue weighted by Crippen LogP contribution is -2.53. The molecule has 0 heteroatoms. The van der Waals surface area contributed by atoms with Gasteiger partial charge in [0.25, 0.3) is 0 Å². The van der Waals surface area contributed by atoms with Gasteiger partial charge in [-0.2, -0.15) is 0 Å². The zero-order valence-electron chi connectivity index (χ0n) is 20.8. The third kappa shape index (κ3) is 3.86. The Morgan fingerprint density at radius 2 is 1.52 bits per heavy atom. The third-order valence-corrected chi connectivity index (χ3v) is 11.6. The number of hydrogen-bond donors (Lipinski definition) is 0. The summed E-state index contributed by atoms with van der Waals surface area (Å²) in [6.45, 7) is 15.4. The van der Waals surface area contributed by atoms with Crippen LogP contribution in [-0.4, -0.2) is 0 Å². The SMILES string of the molecule is CCC1CCC2(C)C(CCC3C2CCC2(C)C(C(C)CCCC(C)C)CCC32)C1. The molecule has 9 atom stereocenters. The molecule has 0 aliphatic heterocycles. The number of fused-ring (bicyclic) bond motifs is 5. The van der Waals surface area contributed by atoms with Crippen LogP contribution < -0.4 is 0 Å². The summed E-state index contributed by atoms with van der Waals surface area (Å²) in [5.41, 5.74) is 1.36. The van der Waals surface area contributed by atoms with Crippen LogP contribution in [0, 0.1) is 58.2 Å². The molecule has 0 amide bonds. The quantitative estimate of drug-likeness (QED) is 0.417. The van der Waals surface area contributed by atoms with Crippen LogP contribution in [0.1, 0.15) is 125 Å². The molecule has 0 aromatic heterocycles. The minimum atomic E-state index is 0.669. The van der Waals surface area contributed by atoms with Gasteiger partial charge in [-0.3, -0.25) is 0 Å². The third-order valence-electron chi connectivity index (χ3n) is 11.6. The smallest absolute Gasteiger partial charge is 0.0264 e. The van der Waals surface area contributed by atoms with Gasteiger partial charge in [0.05, 0.1) is 0 Å². The van der Waals surface area contributed by atoms with Crippen LogP contribution in [0.5, 0.6) is 0 Å². The predicted molar refractivity (Wildman–Crippen MR) is 127 cm³/mol. The highest BCUT2D eigenvalue weighted by molar-refractivity contribution is 5.09. The minimum Gasteiger partial charge on any atom is -0.0651 e. The van der Waals surface area contributed by atoms with Crippen molar-refractivity contribution < 1.29 is 0 Å². The Balaban J connectivity index is 1.45. The summed E-state index contributed by atoms with van der Waals surface area (Å²) >= 11 is 0. The zero-order chi connectivity index (χ0) is 20.8. The van der Waals surface area contributed by atoms with Gasteiger partial charge in [-0.05, 0) is 116 Å². The van der Waals surface area contributed by atoms with E-state index in [9.17, 15) is 0 Å². The van der Waals surface area contributed by atoms with E-state index in [1.807, 2.05) is 0 Å². The second-order valence-corrected chi connectivity index (χ2v) is 13.2. The molecule has 0 bridgehead atoms. The monoisotopic (exact) mass is 400 g/mol. The molecule has 4 saturated carbocycles. The van der Waals surface area contributed by atoms with Crippen molar-refractivity contribution in [3.63, 3.8) is 0 Å². The van der Waals surface area contributed by atoms with Crippen molar-refractivity contribution in [3.05, 3.63) is 0 Å². The molecule has 0 N–H and O–H groups in total. The van der Waals surface area contributed by atoms with Crippen molar-refractivity contribution in [1.29, 1.82) is 0 Å². The van der Waals surface area contributed by atoms with Crippen LogP contribution >= 0.6 is 0 Å². The van der Waals surface area contributed by atoms with Crippen LogP contribution in [0.4, 0.5) is 0 Å². The maximum Gasteiger partial charge on any atom is -0.0264 e. The van der Waals surface area contributed by atoms with E-state index in [4.69, 9.17) is 0 Å². The molecule has 9 unspecified atom stereocenters. The van der Waals surface area contributed by atoms with E-state index in [1.165, 1.54) is 32.1 Å². The molecule has 4 rings (SSSR count). The van der Waals surface area contributed by atoms with E-state index in [-0.39, 0.29) is 0 Å². The topological polar surface area (TPSA) is 0 Å². The second kappa shape index (κ2) is 8.50. The lowest BCUT2D eigenvalue weighted by atomic mass is 9.44. The molecule has 0 aromatic rings. The van der Waals surface area contributed by atoms with Crippen molar-refractivity contribution in [1.82, 2.24) is 0 Å². The summed E-state index contributed by atoms with van der Waals surface area (Å²) < 4.78 is 0. The van der Waals surface area contributed by atoms with E-state index in [2.05, 4.69) is 41.5 Å². The molecule has 29 heavy (non-hydrogen) atoms. The highest BCUT2D eigenvalue weighted by Crippen LogP contribution is 2.68. The first kappa shape index (κ1) is 22.2. The molecular formula is C29H52. The molecule has 0 spiro atoms. The van der Waals surface area contributed by atoms with Crippen LogP contribution in [0.2, 0.25) is 0 Å². The zero-order valence-corrected chi connectivity index (χ0v) is 20.8. The number of rotatable bonds is 6. The highest BCUT2D eigenvalue weighted by atomic mass is 14.6. The summed E-state index contributed by atoms with van der Waals surface area (Å²) in [5, 5.41) is 0. The molecule has 168 valence electrons. The summed E-state index contributed by atoms with van der Waals surface area (Å²) in [7, 11) is 0. The molecule has 4 aliphatic carbocycles.